The molecule has 1 saturated carbocycles. The van der Waals surface area contributed by atoms with Gasteiger partial charge in [-0.05, 0) is 24.3 Å². The summed E-state index contributed by atoms with van der Waals surface area (Å²) in [7, 11) is -3.31. The molecule has 1 aromatic rings. The van der Waals surface area contributed by atoms with Crippen LogP contribution in [0.4, 0.5) is 0 Å². The maximum absolute atomic E-state index is 12.2. The third-order valence-corrected chi connectivity index (χ3v) is 5.13. The van der Waals surface area contributed by atoms with E-state index < -0.39 is 10.0 Å². The van der Waals surface area contributed by atoms with E-state index in [9.17, 15) is 8.42 Å². The quantitative estimate of drug-likeness (QED) is 0.843. The maximum Gasteiger partial charge on any atom is 0.216 e. The van der Waals surface area contributed by atoms with E-state index in [-0.39, 0.29) is 24.2 Å². The molecule has 4 nitrogen and oxygen atoms in total. The molecule has 1 unspecified atom stereocenters. The zero-order chi connectivity index (χ0) is 13.7. The van der Waals surface area contributed by atoms with Crippen molar-refractivity contribution in [2.24, 2.45) is 11.7 Å². The normalized spacial score (nSPS) is 17.6. The molecule has 0 aliphatic heterocycles. The van der Waals surface area contributed by atoms with Gasteiger partial charge in [-0.25, -0.2) is 13.1 Å². The summed E-state index contributed by atoms with van der Waals surface area (Å²) in [6, 6.07) is 9.12. The minimum atomic E-state index is -3.31. The molecule has 6 heteroatoms. The van der Waals surface area contributed by atoms with E-state index in [2.05, 4.69) is 4.72 Å². The van der Waals surface area contributed by atoms with Gasteiger partial charge in [-0.3, -0.25) is 0 Å². The van der Waals surface area contributed by atoms with Crippen molar-refractivity contribution in [3.63, 3.8) is 0 Å². The first-order chi connectivity index (χ1) is 9.11. The van der Waals surface area contributed by atoms with Crippen LogP contribution in [-0.4, -0.2) is 21.0 Å². The molecule has 114 valence electrons. The summed E-state index contributed by atoms with van der Waals surface area (Å²) in [5.41, 5.74) is 6.53. The van der Waals surface area contributed by atoms with Crippen molar-refractivity contribution in [2.75, 3.05) is 6.54 Å². The molecule has 0 saturated heterocycles. The zero-order valence-electron chi connectivity index (χ0n) is 11.5. The number of benzene rings is 1. The molecule has 0 heterocycles. The van der Waals surface area contributed by atoms with Crippen LogP contribution in [0.1, 0.15) is 31.2 Å². The summed E-state index contributed by atoms with van der Waals surface area (Å²) in [4.78, 5) is 0. The van der Waals surface area contributed by atoms with Crippen molar-refractivity contribution < 1.29 is 8.42 Å². The van der Waals surface area contributed by atoms with Gasteiger partial charge in [0.05, 0.1) is 5.75 Å². The number of rotatable bonds is 6. The van der Waals surface area contributed by atoms with Gasteiger partial charge in [0.1, 0.15) is 0 Å². The van der Waals surface area contributed by atoms with Crippen LogP contribution in [-0.2, 0) is 15.8 Å². The third-order valence-electron chi connectivity index (χ3n) is 3.75. The second-order valence-electron chi connectivity index (χ2n) is 5.25. The van der Waals surface area contributed by atoms with Crippen LogP contribution < -0.4 is 10.5 Å². The Morgan fingerprint density at radius 1 is 1.20 bits per heavy atom. The van der Waals surface area contributed by atoms with Crippen LogP contribution in [0.2, 0.25) is 0 Å². The highest BCUT2D eigenvalue weighted by atomic mass is 35.5. The Labute approximate surface area is 127 Å². The van der Waals surface area contributed by atoms with Gasteiger partial charge in [0.15, 0.2) is 0 Å². The summed E-state index contributed by atoms with van der Waals surface area (Å²) in [6.07, 6.45) is 4.52. The molecule has 1 aromatic carbocycles. The molecule has 1 aliphatic rings. The summed E-state index contributed by atoms with van der Waals surface area (Å²) in [5, 5.41) is 0. The second kappa shape index (κ2) is 7.98. The number of hydrogen-bond donors (Lipinski definition) is 2. The smallest absolute Gasteiger partial charge is 0.216 e. The highest BCUT2D eigenvalue weighted by Gasteiger charge is 2.27. The Bertz CT molecular complexity index is 487. The first-order valence-electron chi connectivity index (χ1n) is 6.85. The average Bonchev–Trinajstić information content (AvgIpc) is 2.90. The standard InChI is InChI=1S/C14H22N2O2S.ClH/c15-10-14(13-8-4-5-9-13)16-19(17,18)11-12-6-2-1-3-7-12;/h1-3,6-7,13-14,16H,4-5,8-11,15H2;1H. The number of hydrogen-bond acceptors (Lipinski definition) is 3. The molecule has 2 rings (SSSR count). The van der Waals surface area contributed by atoms with Crippen molar-refractivity contribution in [1.82, 2.24) is 4.72 Å². The van der Waals surface area contributed by atoms with Gasteiger partial charge in [-0.2, -0.15) is 0 Å². The Morgan fingerprint density at radius 2 is 1.80 bits per heavy atom. The summed E-state index contributed by atoms with van der Waals surface area (Å²) in [5.74, 6) is 0.424. The minimum Gasteiger partial charge on any atom is -0.329 e. The van der Waals surface area contributed by atoms with Crippen LogP contribution in [0.5, 0.6) is 0 Å². The average molecular weight is 319 g/mol. The fourth-order valence-corrected chi connectivity index (χ4v) is 4.23. The van der Waals surface area contributed by atoms with E-state index in [0.29, 0.717) is 12.5 Å². The van der Waals surface area contributed by atoms with Crippen LogP contribution >= 0.6 is 12.4 Å². The molecule has 0 aromatic heterocycles. The van der Waals surface area contributed by atoms with Gasteiger partial charge in [-0.1, -0.05) is 43.2 Å². The summed E-state index contributed by atoms with van der Waals surface area (Å²) < 4.78 is 27.1. The lowest BCUT2D eigenvalue weighted by Crippen LogP contribution is -2.44. The van der Waals surface area contributed by atoms with E-state index in [0.717, 1.165) is 18.4 Å². The monoisotopic (exact) mass is 318 g/mol. The van der Waals surface area contributed by atoms with E-state index in [4.69, 9.17) is 5.73 Å². The topological polar surface area (TPSA) is 72.2 Å². The van der Waals surface area contributed by atoms with Crippen LogP contribution in [0, 0.1) is 5.92 Å². The van der Waals surface area contributed by atoms with Gasteiger partial charge < -0.3 is 5.73 Å². The van der Waals surface area contributed by atoms with E-state index >= 15 is 0 Å². The molecule has 1 fully saturated rings. The highest BCUT2D eigenvalue weighted by molar-refractivity contribution is 7.88. The zero-order valence-corrected chi connectivity index (χ0v) is 13.1. The molecule has 20 heavy (non-hydrogen) atoms. The Balaban J connectivity index is 0.00000200. The summed E-state index contributed by atoms with van der Waals surface area (Å²) in [6.45, 7) is 0.374. The van der Waals surface area contributed by atoms with E-state index in [1.807, 2.05) is 30.3 Å². The lowest BCUT2D eigenvalue weighted by molar-refractivity contribution is 0.405. The largest absolute Gasteiger partial charge is 0.329 e. The molecule has 0 bridgehead atoms. The predicted octanol–water partition coefficient (Wildman–Crippen LogP) is 2.05. The SMILES string of the molecule is Cl.NCC(NS(=O)(=O)Cc1ccccc1)C1CCCC1. The van der Waals surface area contributed by atoms with E-state index in [1.54, 1.807) is 0 Å². The molecule has 3 N–H and O–H groups in total. The minimum absolute atomic E-state index is 0. The van der Waals surface area contributed by atoms with Gasteiger partial charge in [0.2, 0.25) is 10.0 Å². The lowest BCUT2D eigenvalue weighted by atomic mass is 9.99. The van der Waals surface area contributed by atoms with Gasteiger partial charge >= 0.3 is 0 Å². The maximum atomic E-state index is 12.2. The van der Waals surface area contributed by atoms with Gasteiger partial charge in [0.25, 0.3) is 0 Å². The highest BCUT2D eigenvalue weighted by Crippen LogP contribution is 2.27. The fourth-order valence-electron chi connectivity index (χ4n) is 2.76. The molecule has 0 radical (unpaired) electrons. The van der Waals surface area contributed by atoms with E-state index in [1.165, 1.54) is 12.8 Å². The van der Waals surface area contributed by atoms with Crippen LogP contribution in [0.3, 0.4) is 0 Å². The second-order valence-corrected chi connectivity index (χ2v) is 7.00. The van der Waals surface area contributed by atoms with Crippen molar-refractivity contribution in [3.05, 3.63) is 35.9 Å². The van der Waals surface area contributed by atoms with Crippen molar-refractivity contribution >= 4 is 22.4 Å². The van der Waals surface area contributed by atoms with Crippen molar-refractivity contribution in [3.8, 4) is 0 Å². The van der Waals surface area contributed by atoms with Gasteiger partial charge in [-0.15, -0.1) is 12.4 Å². The van der Waals surface area contributed by atoms with Crippen molar-refractivity contribution in [1.29, 1.82) is 0 Å². The Hall–Kier alpha value is -0.620. The van der Waals surface area contributed by atoms with Crippen molar-refractivity contribution in [2.45, 2.75) is 37.5 Å². The van der Waals surface area contributed by atoms with Gasteiger partial charge in [0, 0.05) is 12.6 Å². The summed E-state index contributed by atoms with van der Waals surface area (Å²) >= 11 is 0. The molecule has 1 aliphatic carbocycles. The Kier molecular flexibility index (Phi) is 6.95. The molecule has 1 atom stereocenters. The number of sulfonamides is 1. The molecular formula is C14H23ClN2O2S. The number of nitrogens with one attached hydrogen (secondary N) is 1. The third kappa shape index (κ3) is 5.05. The molecule has 0 spiro atoms. The molecule has 0 amide bonds. The van der Waals surface area contributed by atoms with Crippen LogP contribution in [0.15, 0.2) is 30.3 Å². The number of halogens is 1. The predicted molar refractivity (Wildman–Crippen MR) is 84.2 cm³/mol. The first-order valence-corrected chi connectivity index (χ1v) is 8.50. The van der Waals surface area contributed by atoms with Crippen LogP contribution in [0.25, 0.3) is 0 Å². The first kappa shape index (κ1) is 17.4. The fraction of sp³-hybridized carbons (Fsp3) is 0.571. The lowest BCUT2D eigenvalue weighted by Gasteiger charge is -2.23. The Morgan fingerprint density at radius 3 is 2.35 bits per heavy atom. The molecular weight excluding hydrogens is 296 g/mol. The number of nitrogens with two attached hydrogens (primary N) is 1.